The molecule has 57 heavy (non-hydrogen) atoms. The van der Waals surface area contributed by atoms with Gasteiger partial charge in [-0.15, -0.1) is 10.2 Å². The zero-order valence-electron chi connectivity index (χ0n) is 32.4. The molecule has 3 N–H and O–H groups in total. The number of anilines is 3. The van der Waals surface area contributed by atoms with Gasteiger partial charge in [0.15, 0.2) is 17.4 Å². The lowest BCUT2D eigenvalue weighted by Crippen LogP contribution is -2.67. The van der Waals surface area contributed by atoms with Crippen molar-refractivity contribution >= 4 is 40.9 Å². The molecule has 0 unspecified atom stereocenters. The lowest BCUT2D eigenvalue weighted by atomic mass is 9.93. The highest BCUT2D eigenvalue weighted by atomic mass is 19.1. The predicted octanol–water partition coefficient (Wildman–Crippen LogP) is 3.10. The number of rotatable bonds is 5. The van der Waals surface area contributed by atoms with Crippen LogP contribution in [0.15, 0.2) is 42.5 Å². The number of piperazine rings is 2. The minimum absolute atomic E-state index is 0.0217. The van der Waals surface area contributed by atoms with Crippen molar-refractivity contribution in [2.24, 2.45) is 5.92 Å². The molecule has 1 aromatic heterocycles. The summed E-state index contributed by atoms with van der Waals surface area (Å²) >= 11 is 0. The lowest BCUT2D eigenvalue weighted by Gasteiger charge is -2.51. The average Bonchev–Trinajstić information content (AvgIpc) is 3.53. The highest BCUT2D eigenvalue weighted by molar-refractivity contribution is 6.05. The van der Waals surface area contributed by atoms with Crippen molar-refractivity contribution in [3.63, 3.8) is 0 Å². The molecule has 0 aliphatic carbocycles. The molecule has 15 nitrogen and oxygen atoms in total. The topological polar surface area (TPSA) is 158 Å². The lowest BCUT2D eigenvalue weighted by molar-refractivity contribution is -0.136. The van der Waals surface area contributed by atoms with Crippen LogP contribution in [0.2, 0.25) is 0 Å². The fraction of sp³-hybridized carbons (Fsp3) is 0.512. The van der Waals surface area contributed by atoms with E-state index in [9.17, 15) is 28.7 Å². The molecule has 7 heterocycles. The number of carbonyl (C=O) groups excluding carboxylic acids is 4. The van der Waals surface area contributed by atoms with E-state index in [-0.39, 0.29) is 41.4 Å². The monoisotopic (exact) mass is 780 g/mol. The van der Waals surface area contributed by atoms with E-state index in [0.717, 1.165) is 62.5 Å². The van der Waals surface area contributed by atoms with Crippen LogP contribution in [0.3, 0.4) is 0 Å². The number of hydrogen-bond acceptors (Lipinski definition) is 11. The van der Waals surface area contributed by atoms with Gasteiger partial charge >= 0.3 is 6.03 Å². The van der Waals surface area contributed by atoms with Crippen molar-refractivity contribution < 1.29 is 28.7 Å². The Balaban J connectivity index is 0.771. The summed E-state index contributed by atoms with van der Waals surface area (Å²) in [4.78, 5) is 64.3. The maximum absolute atomic E-state index is 14.1. The molecular weight excluding hydrogens is 732 g/mol. The normalized spacial score (nSPS) is 23.8. The largest absolute Gasteiger partial charge is 0.504 e. The molecule has 4 fully saturated rings. The van der Waals surface area contributed by atoms with E-state index in [2.05, 4.69) is 55.4 Å². The molecule has 6 aliphatic rings. The van der Waals surface area contributed by atoms with Gasteiger partial charge in [0.25, 0.3) is 5.91 Å². The maximum atomic E-state index is 14.1. The first-order valence-corrected chi connectivity index (χ1v) is 20.1. The molecule has 0 bridgehead atoms. The van der Waals surface area contributed by atoms with Crippen molar-refractivity contribution in [2.45, 2.75) is 63.7 Å². The van der Waals surface area contributed by atoms with E-state index in [1.54, 1.807) is 11.0 Å². The summed E-state index contributed by atoms with van der Waals surface area (Å²) < 4.78 is 14.1. The fourth-order valence-electron chi connectivity index (χ4n) is 9.73. The van der Waals surface area contributed by atoms with Crippen LogP contribution in [0.4, 0.5) is 26.4 Å². The number of para-hydroxylation sites is 1. The minimum Gasteiger partial charge on any atom is -0.504 e. The van der Waals surface area contributed by atoms with Crippen LogP contribution in [0.25, 0.3) is 11.3 Å². The minimum atomic E-state index is -0.712. The summed E-state index contributed by atoms with van der Waals surface area (Å²) in [5.74, 6) is -0.832. The molecule has 6 aliphatic heterocycles. The Labute approximate surface area is 330 Å². The smallest absolute Gasteiger partial charge is 0.320 e. The van der Waals surface area contributed by atoms with Crippen molar-refractivity contribution in [2.75, 3.05) is 80.6 Å². The zero-order valence-corrected chi connectivity index (χ0v) is 32.4. The number of carbonyl (C=O) groups is 4. The molecule has 16 heteroatoms. The standard InChI is InChI=1S/C41H49FN10O5/c1-41(2)24-47(21-25-10-12-48(13-11-25)27-7-6-26-22-51(39(56)30(26)18-27)33-8-9-35(53)44-38(33)55)14-17-52(41)40(57)49-15-16-50-28(23-49)20-43-37-34(50)19-32(45-46-37)29-4-3-5-31(42)36(29)54/h3-7,18-19,25,28,33,54H,8-17,20-24H2,1-2H3,(H,43,46)(H,44,53,55)/t28-,33-/m1/s1. The number of halogens is 1. The number of fused-ring (bicyclic) bond motifs is 4. The summed E-state index contributed by atoms with van der Waals surface area (Å²) in [5, 5.41) is 24.6. The molecule has 0 radical (unpaired) electrons. The van der Waals surface area contributed by atoms with Crippen LogP contribution in [-0.2, 0) is 16.1 Å². The third-order valence-corrected chi connectivity index (χ3v) is 12.8. The summed E-state index contributed by atoms with van der Waals surface area (Å²) in [7, 11) is 0. The van der Waals surface area contributed by atoms with Gasteiger partial charge in [0.1, 0.15) is 6.04 Å². The van der Waals surface area contributed by atoms with Gasteiger partial charge in [-0.25, -0.2) is 9.18 Å². The van der Waals surface area contributed by atoms with E-state index in [0.29, 0.717) is 68.7 Å². The Morgan fingerprint density at radius 2 is 1.77 bits per heavy atom. The van der Waals surface area contributed by atoms with Gasteiger partial charge < -0.3 is 34.9 Å². The zero-order chi connectivity index (χ0) is 39.6. The van der Waals surface area contributed by atoms with Gasteiger partial charge in [-0.2, -0.15) is 0 Å². The average molecular weight is 781 g/mol. The highest BCUT2D eigenvalue weighted by Gasteiger charge is 2.43. The number of benzene rings is 2. The number of nitrogens with one attached hydrogen (secondary N) is 2. The SMILES string of the molecule is CC1(C)CN(CC2CCN(c3ccc4c(c3)C(=O)N([C@@H]3CCC(=O)NC3=O)C4)CC2)CCN1C(=O)N1CCN2c3cc(-c4cccc(F)c4O)nnc3NC[C@@H]2C1. The molecule has 9 rings (SSSR count). The fourth-order valence-corrected chi connectivity index (χ4v) is 9.73. The maximum Gasteiger partial charge on any atom is 0.320 e. The van der Waals surface area contributed by atoms with Crippen molar-refractivity contribution in [1.82, 2.24) is 35.1 Å². The van der Waals surface area contributed by atoms with Gasteiger partial charge in [-0.3, -0.25) is 24.6 Å². The first-order chi connectivity index (χ1) is 27.4. The van der Waals surface area contributed by atoms with Gasteiger partial charge in [-0.1, -0.05) is 12.1 Å². The number of imide groups is 1. The molecule has 300 valence electrons. The third kappa shape index (κ3) is 6.87. The molecule has 4 saturated heterocycles. The second kappa shape index (κ2) is 14.5. The molecule has 2 aromatic carbocycles. The van der Waals surface area contributed by atoms with E-state index in [1.165, 1.54) is 12.1 Å². The Morgan fingerprint density at radius 3 is 2.56 bits per heavy atom. The van der Waals surface area contributed by atoms with Crippen LogP contribution in [-0.4, -0.2) is 142 Å². The van der Waals surface area contributed by atoms with Crippen LogP contribution in [0.5, 0.6) is 5.75 Å². The first kappa shape index (κ1) is 37.1. The van der Waals surface area contributed by atoms with Gasteiger partial charge in [-0.05, 0) is 74.9 Å². The number of piperidine rings is 2. The van der Waals surface area contributed by atoms with E-state index >= 15 is 0 Å². The number of amides is 5. The van der Waals surface area contributed by atoms with E-state index < -0.39 is 23.5 Å². The molecule has 5 amide bonds. The number of nitrogens with zero attached hydrogens (tertiary/aromatic N) is 8. The van der Waals surface area contributed by atoms with Crippen molar-refractivity contribution in [1.29, 1.82) is 0 Å². The van der Waals surface area contributed by atoms with Crippen molar-refractivity contribution in [3.8, 4) is 17.0 Å². The van der Waals surface area contributed by atoms with Crippen molar-refractivity contribution in [3.05, 3.63) is 59.4 Å². The molecule has 0 saturated carbocycles. The number of phenolic OH excluding ortho intramolecular Hbond substituents is 1. The third-order valence-electron chi connectivity index (χ3n) is 12.8. The van der Waals surface area contributed by atoms with Crippen LogP contribution < -0.4 is 20.4 Å². The Morgan fingerprint density at radius 1 is 0.947 bits per heavy atom. The summed E-state index contributed by atoms with van der Waals surface area (Å²) in [6.07, 6.45) is 2.66. The molecule has 3 aromatic rings. The number of aromatic hydroxyl groups is 1. The number of aromatic nitrogens is 2. The Bertz CT molecular complexity index is 2120. The number of hydrogen-bond donors (Lipinski definition) is 3. The van der Waals surface area contributed by atoms with E-state index in [1.807, 2.05) is 28.0 Å². The second-order valence-electron chi connectivity index (χ2n) is 16.9. The van der Waals surface area contributed by atoms with Gasteiger partial charge in [0.05, 0.1) is 23.0 Å². The van der Waals surface area contributed by atoms with Crippen LogP contribution >= 0.6 is 0 Å². The van der Waals surface area contributed by atoms with Gasteiger partial charge in [0, 0.05) is 95.2 Å². The second-order valence-corrected chi connectivity index (χ2v) is 16.9. The van der Waals surface area contributed by atoms with Crippen LogP contribution in [0, 0.1) is 11.7 Å². The first-order valence-electron chi connectivity index (χ1n) is 20.1. The molecule has 2 atom stereocenters. The molecular formula is C41H49FN10O5. The van der Waals surface area contributed by atoms with E-state index in [4.69, 9.17) is 0 Å². The predicted molar refractivity (Wildman–Crippen MR) is 210 cm³/mol. The summed E-state index contributed by atoms with van der Waals surface area (Å²) in [6, 6.07) is 11.7. The summed E-state index contributed by atoms with van der Waals surface area (Å²) in [5.41, 5.74) is 3.73. The summed E-state index contributed by atoms with van der Waals surface area (Å²) in [6.45, 7) is 12.1. The highest BCUT2D eigenvalue weighted by Crippen LogP contribution is 2.38. The quantitative estimate of drug-likeness (QED) is 0.327. The van der Waals surface area contributed by atoms with Gasteiger partial charge in [0.2, 0.25) is 11.8 Å². The van der Waals surface area contributed by atoms with Crippen LogP contribution in [0.1, 0.15) is 55.5 Å². The molecule has 0 spiro atoms. The Kier molecular flexibility index (Phi) is 9.41. The number of urea groups is 1. The number of phenols is 1. The Hall–Kier alpha value is -5.51.